The second kappa shape index (κ2) is 7.90. The molecule has 2 N–H and O–H groups in total. The van der Waals surface area contributed by atoms with E-state index in [9.17, 15) is 9.59 Å². The minimum absolute atomic E-state index is 0.168. The lowest BCUT2D eigenvalue weighted by Gasteiger charge is -2.26. The van der Waals surface area contributed by atoms with Gasteiger partial charge in [0.2, 0.25) is 0 Å². The minimum Gasteiger partial charge on any atom is -0.480 e. The molecule has 0 heterocycles. The first kappa shape index (κ1) is 16.5. The van der Waals surface area contributed by atoms with Gasteiger partial charge < -0.3 is 10.4 Å². The van der Waals surface area contributed by atoms with E-state index >= 15 is 0 Å². The lowest BCUT2D eigenvalue weighted by molar-refractivity contribution is -0.140. The molecule has 112 valence electrons. The Labute approximate surface area is 124 Å². The third kappa shape index (κ3) is 4.80. The Morgan fingerprint density at radius 1 is 1.33 bits per heavy atom. The number of urea groups is 1. The normalized spacial score (nSPS) is 11.5. The Hall–Kier alpha value is -2.55. The van der Waals surface area contributed by atoms with E-state index < -0.39 is 18.0 Å². The maximum atomic E-state index is 12.3. The van der Waals surface area contributed by atoms with E-state index in [1.165, 1.54) is 4.90 Å². The maximum Gasteiger partial charge on any atom is 0.326 e. The predicted octanol–water partition coefficient (Wildman–Crippen LogP) is 2.23. The molecular weight excluding hydrogens is 270 g/mol. The first-order valence-corrected chi connectivity index (χ1v) is 6.70. The zero-order chi connectivity index (χ0) is 15.8. The molecule has 6 nitrogen and oxygen atoms in total. The Bertz CT molecular complexity index is 523. The largest absolute Gasteiger partial charge is 0.480 e. The van der Waals surface area contributed by atoms with Crippen LogP contribution in [0.4, 0.5) is 10.5 Å². The molecule has 0 saturated carbocycles. The van der Waals surface area contributed by atoms with Gasteiger partial charge in [0.05, 0.1) is 12.5 Å². The molecule has 1 atom stereocenters. The molecule has 1 aromatic rings. The highest BCUT2D eigenvalue weighted by atomic mass is 16.4. The van der Waals surface area contributed by atoms with Gasteiger partial charge in [0.1, 0.15) is 6.04 Å². The zero-order valence-corrected chi connectivity index (χ0v) is 12.1. The molecule has 0 aromatic heterocycles. The van der Waals surface area contributed by atoms with Crippen LogP contribution in [-0.4, -0.2) is 29.7 Å². The van der Waals surface area contributed by atoms with Crippen LogP contribution in [0.5, 0.6) is 0 Å². The first-order valence-electron chi connectivity index (χ1n) is 6.70. The third-order valence-electron chi connectivity index (χ3n) is 2.97. The van der Waals surface area contributed by atoms with Crippen molar-refractivity contribution in [3.63, 3.8) is 0 Å². The molecule has 0 bridgehead atoms. The van der Waals surface area contributed by atoms with Crippen LogP contribution in [0, 0.1) is 17.2 Å². The number of carboxylic acids is 1. The van der Waals surface area contributed by atoms with Crippen molar-refractivity contribution in [2.45, 2.75) is 26.3 Å². The number of amides is 2. The molecule has 6 heteroatoms. The lowest BCUT2D eigenvalue weighted by Crippen LogP contribution is -2.50. The Morgan fingerprint density at radius 3 is 2.43 bits per heavy atom. The highest BCUT2D eigenvalue weighted by Gasteiger charge is 2.26. The number of hydrogen-bond acceptors (Lipinski definition) is 3. The molecule has 0 aliphatic rings. The molecule has 0 radical (unpaired) electrons. The molecule has 2 amide bonds. The quantitative estimate of drug-likeness (QED) is 0.839. The number of nitrogens with one attached hydrogen (secondary N) is 1. The molecule has 1 rings (SSSR count). The Kier molecular flexibility index (Phi) is 6.21. The number of carbonyl (C=O) groups is 2. The summed E-state index contributed by atoms with van der Waals surface area (Å²) in [7, 11) is 0. The van der Waals surface area contributed by atoms with E-state index in [1.54, 1.807) is 38.1 Å². The van der Waals surface area contributed by atoms with Crippen molar-refractivity contribution in [1.29, 1.82) is 5.26 Å². The van der Waals surface area contributed by atoms with E-state index in [2.05, 4.69) is 5.32 Å². The second-order valence-electron chi connectivity index (χ2n) is 4.90. The van der Waals surface area contributed by atoms with E-state index in [1.807, 2.05) is 12.1 Å². The highest BCUT2D eigenvalue weighted by molar-refractivity contribution is 5.94. The molecule has 0 spiro atoms. The summed E-state index contributed by atoms with van der Waals surface area (Å²) < 4.78 is 0. The molecule has 1 aromatic carbocycles. The number of rotatable bonds is 6. The van der Waals surface area contributed by atoms with Crippen LogP contribution < -0.4 is 10.2 Å². The van der Waals surface area contributed by atoms with Crippen LogP contribution in [0.3, 0.4) is 0 Å². The fraction of sp³-hybridized carbons (Fsp3) is 0.400. The minimum atomic E-state index is -1.08. The van der Waals surface area contributed by atoms with E-state index in [4.69, 9.17) is 10.4 Å². The van der Waals surface area contributed by atoms with Gasteiger partial charge in [0.25, 0.3) is 0 Å². The second-order valence-corrected chi connectivity index (χ2v) is 4.90. The van der Waals surface area contributed by atoms with E-state index in [-0.39, 0.29) is 18.9 Å². The summed E-state index contributed by atoms with van der Waals surface area (Å²) in [5, 5.41) is 20.3. The smallest absolute Gasteiger partial charge is 0.326 e. The molecule has 0 fully saturated rings. The summed E-state index contributed by atoms with van der Waals surface area (Å²) in [6, 6.07) is 9.35. The van der Waals surface area contributed by atoms with Gasteiger partial charge in [0.15, 0.2) is 0 Å². The SMILES string of the molecule is CC(C)C(NC(=O)N(CCC#N)c1ccccc1)C(=O)O. The number of aliphatic carboxylic acids is 1. The van der Waals surface area contributed by atoms with E-state index in [0.717, 1.165) is 0 Å². The number of para-hydroxylation sites is 1. The number of benzene rings is 1. The van der Waals surface area contributed by atoms with Crippen molar-refractivity contribution < 1.29 is 14.7 Å². The predicted molar refractivity (Wildman–Crippen MR) is 78.8 cm³/mol. The van der Waals surface area contributed by atoms with Gasteiger partial charge >= 0.3 is 12.0 Å². The van der Waals surface area contributed by atoms with Crippen molar-refractivity contribution in [3.8, 4) is 6.07 Å². The van der Waals surface area contributed by atoms with Gasteiger partial charge in [-0.05, 0) is 18.1 Å². The highest BCUT2D eigenvalue weighted by Crippen LogP contribution is 2.14. The van der Waals surface area contributed by atoms with Crippen LogP contribution in [0.2, 0.25) is 0 Å². The molecule has 0 aliphatic carbocycles. The maximum absolute atomic E-state index is 12.3. The average Bonchev–Trinajstić information content (AvgIpc) is 2.45. The van der Waals surface area contributed by atoms with Crippen molar-refractivity contribution in [1.82, 2.24) is 5.32 Å². The fourth-order valence-corrected chi connectivity index (χ4v) is 1.84. The monoisotopic (exact) mass is 289 g/mol. The van der Waals surface area contributed by atoms with Gasteiger partial charge in [-0.25, -0.2) is 9.59 Å². The van der Waals surface area contributed by atoms with Gasteiger partial charge in [-0.3, -0.25) is 4.90 Å². The summed E-state index contributed by atoms with van der Waals surface area (Å²) in [6.07, 6.45) is 0.168. The van der Waals surface area contributed by atoms with Crippen molar-refractivity contribution in [2.75, 3.05) is 11.4 Å². The van der Waals surface area contributed by atoms with Gasteiger partial charge in [-0.1, -0.05) is 32.0 Å². The summed E-state index contributed by atoms with van der Waals surface area (Å²) in [5.74, 6) is -1.31. The average molecular weight is 289 g/mol. The van der Waals surface area contributed by atoms with E-state index in [0.29, 0.717) is 5.69 Å². The van der Waals surface area contributed by atoms with Crippen LogP contribution in [-0.2, 0) is 4.79 Å². The zero-order valence-electron chi connectivity index (χ0n) is 12.1. The van der Waals surface area contributed by atoms with Crippen LogP contribution in [0.1, 0.15) is 20.3 Å². The van der Waals surface area contributed by atoms with Gasteiger partial charge in [0, 0.05) is 12.2 Å². The van der Waals surface area contributed by atoms with Gasteiger partial charge in [-0.15, -0.1) is 0 Å². The number of anilines is 1. The summed E-state index contributed by atoms with van der Waals surface area (Å²) in [6.45, 7) is 3.65. The molecule has 0 aliphatic heterocycles. The fourth-order valence-electron chi connectivity index (χ4n) is 1.84. The summed E-state index contributed by atoms with van der Waals surface area (Å²) >= 11 is 0. The van der Waals surface area contributed by atoms with Crippen LogP contribution >= 0.6 is 0 Å². The van der Waals surface area contributed by atoms with Crippen molar-refractivity contribution in [3.05, 3.63) is 30.3 Å². The topological polar surface area (TPSA) is 93.4 Å². The van der Waals surface area contributed by atoms with Crippen LogP contribution in [0.15, 0.2) is 30.3 Å². The number of carbonyl (C=O) groups excluding carboxylic acids is 1. The molecular formula is C15H19N3O3. The number of hydrogen-bond donors (Lipinski definition) is 2. The third-order valence-corrected chi connectivity index (χ3v) is 2.97. The number of carboxylic acid groups (broad SMARTS) is 1. The Morgan fingerprint density at radius 2 is 1.95 bits per heavy atom. The first-order chi connectivity index (χ1) is 9.97. The molecule has 21 heavy (non-hydrogen) atoms. The Balaban J connectivity index is 2.91. The van der Waals surface area contributed by atoms with Crippen LogP contribution in [0.25, 0.3) is 0 Å². The van der Waals surface area contributed by atoms with Crippen molar-refractivity contribution >= 4 is 17.7 Å². The van der Waals surface area contributed by atoms with Gasteiger partial charge in [-0.2, -0.15) is 5.26 Å². The lowest BCUT2D eigenvalue weighted by atomic mass is 10.1. The summed E-state index contributed by atoms with van der Waals surface area (Å²) in [5.41, 5.74) is 0.623. The standard InChI is InChI=1S/C15H19N3O3/c1-11(2)13(14(19)20)17-15(21)18(10-6-9-16)12-7-4-3-5-8-12/h3-5,7-8,11,13H,6,10H2,1-2H3,(H,17,21)(H,19,20). The molecule has 1 unspecified atom stereocenters. The van der Waals surface area contributed by atoms with Crippen molar-refractivity contribution in [2.24, 2.45) is 5.92 Å². The summed E-state index contributed by atoms with van der Waals surface area (Å²) in [4.78, 5) is 24.9. The number of nitrogens with zero attached hydrogens (tertiary/aromatic N) is 2. The number of nitriles is 1. The molecule has 0 saturated heterocycles.